The van der Waals surface area contributed by atoms with Crippen LogP contribution >= 0.6 is 0 Å². The minimum atomic E-state index is -4.93. The summed E-state index contributed by atoms with van der Waals surface area (Å²) in [5.74, 6) is -0.0505. The van der Waals surface area contributed by atoms with Gasteiger partial charge in [0.15, 0.2) is 11.6 Å². The highest BCUT2D eigenvalue weighted by Gasteiger charge is 2.32. The maximum Gasteiger partial charge on any atom is 0.573 e. The summed E-state index contributed by atoms with van der Waals surface area (Å²) in [5.41, 5.74) is 3.21. The Kier molecular flexibility index (Phi) is 7.26. The van der Waals surface area contributed by atoms with Crippen LogP contribution in [0, 0.1) is 17.7 Å². The number of alkyl halides is 3. The fraction of sp³-hybridized carbons (Fsp3) is 0.429. The van der Waals surface area contributed by atoms with Crippen LogP contribution in [0.4, 0.5) is 17.6 Å². The van der Waals surface area contributed by atoms with Crippen LogP contribution < -0.4 is 4.74 Å². The largest absolute Gasteiger partial charge is 0.573 e. The van der Waals surface area contributed by atoms with E-state index in [1.807, 2.05) is 0 Å². The predicted octanol–water partition coefficient (Wildman–Crippen LogP) is 9.08. The molecule has 3 aromatic carbocycles. The topological polar surface area (TPSA) is 9.23 Å². The lowest BCUT2D eigenvalue weighted by atomic mass is 9.78. The Morgan fingerprint density at radius 1 is 0.818 bits per heavy atom. The molecule has 4 rings (SSSR count). The summed E-state index contributed by atoms with van der Waals surface area (Å²) >= 11 is 0. The summed E-state index contributed by atoms with van der Waals surface area (Å²) < 4.78 is 55.6. The number of fused-ring (bicyclic) bond motifs is 1. The van der Waals surface area contributed by atoms with E-state index >= 15 is 0 Å². The summed E-state index contributed by atoms with van der Waals surface area (Å²) in [6.45, 7) is 2.27. The lowest BCUT2D eigenvalue weighted by Crippen LogP contribution is -2.17. The fourth-order valence-corrected chi connectivity index (χ4v) is 5.11. The normalized spacial score (nSPS) is 19.1. The maximum absolute atomic E-state index is 14.5. The van der Waals surface area contributed by atoms with Gasteiger partial charge in [-0.3, -0.25) is 0 Å². The van der Waals surface area contributed by atoms with E-state index in [4.69, 9.17) is 0 Å². The van der Waals surface area contributed by atoms with Gasteiger partial charge >= 0.3 is 6.36 Å². The van der Waals surface area contributed by atoms with Gasteiger partial charge in [0.25, 0.3) is 0 Å². The molecule has 0 atom stereocenters. The van der Waals surface area contributed by atoms with Crippen molar-refractivity contribution in [3.05, 3.63) is 66.0 Å². The maximum atomic E-state index is 14.5. The Bertz CT molecular complexity index is 1060. The molecule has 3 aromatic rings. The van der Waals surface area contributed by atoms with Crippen molar-refractivity contribution in [2.24, 2.45) is 11.8 Å². The summed E-state index contributed by atoms with van der Waals surface area (Å²) in [4.78, 5) is 0. The third kappa shape index (κ3) is 6.07. The van der Waals surface area contributed by atoms with Crippen molar-refractivity contribution in [2.75, 3.05) is 0 Å². The van der Waals surface area contributed by atoms with Crippen molar-refractivity contribution >= 4 is 10.8 Å². The lowest BCUT2D eigenvalue weighted by molar-refractivity contribution is -0.275. The Morgan fingerprint density at radius 3 is 2.09 bits per heavy atom. The zero-order valence-electron chi connectivity index (χ0n) is 18.9. The molecule has 0 bridgehead atoms. The number of hydrogen-bond donors (Lipinski definition) is 0. The molecule has 0 saturated heterocycles. The fourth-order valence-electron chi connectivity index (χ4n) is 5.11. The molecule has 0 spiro atoms. The van der Waals surface area contributed by atoms with E-state index in [0.29, 0.717) is 5.39 Å². The number of halogens is 4. The van der Waals surface area contributed by atoms with Gasteiger partial charge in [-0.15, -0.1) is 13.2 Å². The molecule has 5 heteroatoms. The molecule has 0 radical (unpaired) electrons. The Morgan fingerprint density at radius 2 is 1.45 bits per heavy atom. The first kappa shape index (κ1) is 23.6. The summed E-state index contributed by atoms with van der Waals surface area (Å²) in [5, 5.41) is 0.632. The van der Waals surface area contributed by atoms with E-state index in [2.05, 4.69) is 35.9 Å². The number of benzene rings is 3. The van der Waals surface area contributed by atoms with Gasteiger partial charge in [-0.05, 0) is 58.9 Å². The van der Waals surface area contributed by atoms with Gasteiger partial charge in [0.05, 0.1) is 0 Å². The first-order valence-corrected chi connectivity index (χ1v) is 11.9. The van der Waals surface area contributed by atoms with Gasteiger partial charge < -0.3 is 4.74 Å². The van der Waals surface area contributed by atoms with Crippen LogP contribution in [0.5, 0.6) is 5.75 Å². The first-order valence-electron chi connectivity index (χ1n) is 11.9. The van der Waals surface area contributed by atoms with Gasteiger partial charge in [0, 0.05) is 5.39 Å². The number of rotatable bonds is 7. The molecule has 176 valence electrons. The Balaban J connectivity index is 1.40. The SMILES string of the molecule is CCCC1CCC(CCc2ccc(-c3ccc4c(F)c(OC(F)(F)F)ccc4c3)cc2)CC1. The molecule has 0 N–H and O–H groups in total. The zero-order valence-corrected chi connectivity index (χ0v) is 18.9. The van der Waals surface area contributed by atoms with Gasteiger partial charge in [-0.2, -0.15) is 0 Å². The summed E-state index contributed by atoms with van der Waals surface area (Å²) in [6, 6.07) is 15.9. The highest BCUT2D eigenvalue weighted by molar-refractivity contribution is 5.89. The molecule has 0 aliphatic heterocycles. The zero-order chi connectivity index (χ0) is 23.4. The average Bonchev–Trinajstić information content (AvgIpc) is 2.80. The van der Waals surface area contributed by atoms with Crippen molar-refractivity contribution in [3.8, 4) is 16.9 Å². The minimum absolute atomic E-state index is 0.103. The standard InChI is InChI=1S/C28H30F4O/c1-2-3-19-4-6-20(7-5-19)8-9-21-10-12-22(13-11-21)23-14-16-25-24(18-23)15-17-26(27(25)29)33-28(30,31)32/h10-20H,2-9H2,1H3. The van der Waals surface area contributed by atoms with Crippen LogP contribution in [0.3, 0.4) is 0 Å². The van der Waals surface area contributed by atoms with Crippen molar-refractivity contribution in [2.45, 2.75) is 64.7 Å². The van der Waals surface area contributed by atoms with Gasteiger partial charge in [-0.25, -0.2) is 4.39 Å². The second kappa shape index (κ2) is 10.1. The van der Waals surface area contributed by atoms with E-state index in [0.717, 1.165) is 35.4 Å². The minimum Gasteiger partial charge on any atom is -0.403 e. The third-order valence-electron chi connectivity index (χ3n) is 6.94. The highest BCUT2D eigenvalue weighted by atomic mass is 19.4. The number of aryl methyl sites for hydroxylation is 1. The Labute approximate surface area is 192 Å². The monoisotopic (exact) mass is 458 g/mol. The first-order chi connectivity index (χ1) is 15.8. The molecule has 0 heterocycles. The molecule has 0 unspecified atom stereocenters. The second-order valence-electron chi connectivity index (χ2n) is 9.27. The van der Waals surface area contributed by atoms with Crippen LogP contribution in [0.15, 0.2) is 54.6 Å². The summed E-state index contributed by atoms with van der Waals surface area (Å²) in [7, 11) is 0. The van der Waals surface area contributed by atoms with Crippen molar-refractivity contribution < 1.29 is 22.3 Å². The van der Waals surface area contributed by atoms with E-state index in [-0.39, 0.29) is 5.39 Å². The number of ether oxygens (including phenoxy) is 1. The van der Waals surface area contributed by atoms with Crippen LogP contribution in [0.2, 0.25) is 0 Å². The highest BCUT2D eigenvalue weighted by Crippen LogP contribution is 2.35. The molecular formula is C28H30F4O. The van der Waals surface area contributed by atoms with Crippen LogP contribution in [0.1, 0.15) is 57.4 Å². The summed E-state index contributed by atoms with van der Waals surface area (Å²) in [6.07, 6.45) is 5.51. The molecule has 1 aliphatic rings. The molecule has 0 amide bonds. The van der Waals surface area contributed by atoms with E-state index in [1.165, 1.54) is 62.6 Å². The molecule has 1 fully saturated rings. The van der Waals surface area contributed by atoms with Crippen LogP contribution in [-0.4, -0.2) is 6.36 Å². The van der Waals surface area contributed by atoms with Gasteiger partial charge in [-0.1, -0.05) is 87.9 Å². The van der Waals surface area contributed by atoms with Crippen molar-refractivity contribution in [1.82, 2.24) is 0 Å². The molecule has 1 nitrogen and oxygen atoms in total. The number of hydrogen-bond acceptors (Lipinski definition) is 1. The second-order valence-corrected chi connectivity index (χ2v) is 9.27. The quantitative estimate of drug-likeness (QED) is 0.321. The lowest BCUT2D eigenvalue weighted by Gasteiger charge is -2.28. The van der Waals surface area contributed by atoms with Crippen LogP contribution in [-0.2, 0) is 6.42 Å². The molecule has 1 saturated carbocycles. The predicted molar refractivity (Wildman–Crippen MR) is 125 cm³/mol. The van der Waals surface area contributed by atoms with Gasteiger partial charge in [0.2, 0.25) is 0 Å². The molecule has 1 aliphatic carbocycles. The van der Waals surface area contributed by atoms with E-state index in [1.54, 1.807) is 12.1 Å². The smallest absolute Gasteiger partial charge is 0.403 e. The Hall–Kier alpha value is -2.56. The molecule has 33 heavy (non-hydrogen) atoms. The average molecular weight is 459 g/mol. The molecular weight excluding hydrogens is 428 g/mol. The van der Waals surface area contributed by atoms with E-state index in [9.17, 15) is 17.6 Å². The van der Waals surface area contributed by atoms with Gasteiger partial charge in [0.1, 0.15) is 0 Å². The van der Waals surface area contributed by atoms with Crippen molar-refractivity contribution in [3.63, 3.8) is 0 Å². The third-order valence-corrected chi connectivity index (χ3v) is 6.94. The molecule has 0 aromatic heterocycles. The van der Waals surface area contributed by atoms with Crippen LogP contribution in [0.25, 0.3) is 21.9 Å². The van der Waals surface area contributed by atoms with Crippen molar-refractivity contribution in [1.29, 1.82) is 0 Å². The van der Waals surface area contributed by atoms with E-state index < -0.39 is 17.9 Å².